The summed E-state index contributed by atoms with van der Waals surface area (Å²) in [5.41, 5.74) is 0.588. The Bertz CT molecular complexity index is 374. The van der Waals surface area contributed by atoms with Crippen LogP contribution in [0.1, 0.15) is 36.0 Å². The number of halogens is 1. The maximum Gasteiger partial charge on any atom is 0.153 e. The quantitative estimate of drug-likeness (QED) is 0.404. The van der Waals surface area contributed by atoms with Gasteiger partial charge in [0.2, 0.25) is 0 Å². The second-order valence-corrected chi connectivity index (χ2v) is 4.62. The van der Waals surface area contributed by atoms with Crippen molar-refractivity contribution >= 4 is 22.2 Å². The lowest BCUT2D eigenvalue weighted by Crippen LogP contribution is -2.00. The second-order valence-electron chi connectivity index (χ2n) is 3.76. The first-order chi connectivity index (χ1) is 8.29. The first-order valence-corrected chi connectivity index (χ1v) is 6.56. The topological polar surface area (TPSA) is 26.3 Å². The van der Waals surface area contributed by atoms with Gasteiger partial charge in [-0.1, -0.05) is 12.1 Å². The van der Waals surface area contributed by atoms with Crippen LogP contribution in [0.2, 0.25) is 0 Å². The number of benzene rings is 1. The predicted molar refractivity (Wildman–Crippen MR) is 73.7 cm³/mol. The van der Waals surface area contributed by atoms with Crippen LogP contribution in [-0.4, -0.2) is 12.9 Å². The highest BCUT2D eigenvalue weighted by atomic mass is 79.9. The summed E-state index contributed by atoms with van der Waals surface area (Å²) in [4.78, 5) is 10.8. The summed E-state index contributed by atoms with van der Waals surface area (Å²) < 4.78 is 6.46. The lowest BCUT2D eigenvalue weighted by atomic mass is 10.2. The van der Waals surface area contributed by atoms with Gasteiger partial charge in [-0.05, 0) is 53.7 Å². The first-order valence-electron chi connectivity index (χ1n) is 5.77. The van der Waals surface area contributed by atoms with Gasteiger partial charge in [-0.15, -0.1) is 6.58 Å². The summed E-state index contributed by atoms with van der Waals surface area (Å²) in [6.07, 6.45) is 7.05. The van der Waals surface area contributed by atoms with Crippen LogP contribution in [0.15, 0.2) is 35.3 Å². The summed E-state index contributed by atoms with van der Waals surface area (Å²) >= 11 is 3.38. The third-order valence-electron chi connectivity index (χ3n) is 2.42. The highest BCUT2D eigenvalue weighted by molar-refractivity contribution is 9.10. The van der Waals surface area contributed by atoms with Gasteiger partial charge in [0, 0.05) is 0 Å². The molecule has 0 heterocycles. The molecule has 0 unspecified atom stereocenters. The molecule has 92 valence electrons. The summed E-state index contributed by atoms with van der Waals surface area (Å²) in [5, 5.41) is 0. The van der Waals surface area contributed by atoms with Crippen LogP contribution >= 0.6 is 15.9 Å². The molecule has 0 N–H and O–H groups in total. The standard InChI is InChI=1S/C14H17BrO2/c1-2-3-4-5-6-10-17-14-12(11-16)8-7-9-13(14)15/h2,7-9,11H,1,3-6,10H2. The van der Waals surface area contributed by atoms with Gasteiger partial charge < -0.3 is 4.74 Å². The predicted octanol–water partition coefficient (Wildman–Crippen LogP) is 4.39. The summed E-state index contributed by atoms with van der Waals surface area (Å²) in [6, 6.07) is 5.45. The van der Waals surface area contributed by atoms with Gasteiger partial charge in [0.05, 0.1) is 16.6 Å². The molecular formula is C14H17BrO2. The van der Waals surface area contributed by atoms with Crippen LogP contribution in [0.25, 0.3) is 0 Å². The molecule has 0 atom stereocenters. The summed E-state index contributed by atoms with van der Waals surface area (Å²) in [5.74, 6) is 0.645. The van der Waals surface area contributed by atoms with Gasteiger partial charge in [-0.2, -0.15) is 0 Å². The van der Waals surface area contributed by atoms with E-state index < -0.39 is 0 Å². The largest absolute Gasteiger partial charge is 0.492 e. The molecule has 0 amide bonds. The SMILES string of the molecule is C=CCCCCCOc1c(Br)cccc1C=O. The van der Waals surface area contributed by atoms with Crippen molar-refractivity contribution in [3.05, 3.63) is 40.9 Å². The molecule has 0 saturated carbocycles. The maximum atomic E-state index is 10.8. The fourth-order valence-corrected chi connectivity index (χ4v) is 2.01. The first kappa shape index (κ1) is 14.0. The van der Waals surface area contributed by atoms with Gasteiger partial charge >= 0.3 is 0 Å². The van der Waals surface area contributed by atoms with Crippen LogP contribution in [-0.2, 0) is 0 Å². The minimum atomic E-state index is 0.588. The van der Waals surface area contributed by atoms with E-state index in [9.17, 15) is 4.79 Å². The van der Waals surface area contributed by atoms with Crippen LogP contribution in [0.3, 0.4) is 0 Å². The number of hydrogen-bond acceptors (Lipinski definition) is 2. The highest BCUT2D eigenvalue weighted by Crippen LogP contribution is 2.28. The third-order valence-corrected chi connectivity index (χ3v) is 3.05. The molecule has 0 fully saturated rings. The molecular weight excluding hydrogens is 280 g/mol. The van der Waals surface area contributed by atoms with E-state index >= 15 is 0 Å². The van der Waals surface area contributed by atoms with E-state index in [-0.39, 0.29) is 0 Å². The average molecular weight is 297 g/mol. The van der Waals surface area contributed by atoms with Gasteiger partial charge in [-0.25, -0.2) is 0 Å². The van der Waals surface area contributed by atoms with Crippen LogP contribution in [0.5, 0.6) is 5.75 Å². The van der Waals surface area contributed by atoms with Crippen molar-refractivity contribution in [2.24, 2.45) is 0 Å². The minimum absolute atomic E-state index is 0.588. The number of allylic oxidation sites excluding steroid dienone is 1. The zero-order valence-electron chi connectivity index (χ0n) is 9.82. The molecule has 0 aliphatic heterocycles. The monoisotopic (exact) mass is 296 g/mol. The molecule has 0 saturated heterocycles. The number of ether oxygens (including phenoxy) is 1. The molecule has 0 bridgehead atoms. The Morgan fingerprint density at radius 2 is 2.12 bits per heavy atom. The fourth-order valence-electron chi connectivity index (χ4n) is 1.51. The van der Waals surface area contributed by atoms with E-state index in [0.717, 1.165) is 36.4 Å². The van der Waals surface area contributed by atoms with E-state index in [1.165, 1.54) is 0 Å². The highest BCUT2D eigenvalue weighted by Gasteiger charge is 2.06. The van der Waals surface area contributed by atoms with Gasteiger partial charge in [0.1, 0.15) is 5.75 Å². The van der Waals surface area contributed by atoms with Crippen LogP contribution < -0.4 is 4.74 Å². The third kappa shape index (κ3) is 4.73. The Balaban J connectivity index is 2.40. The number of unbranched alkanes of at least 4 members (excludes halogenated alkanes) is 3. The lowest BCUT2D eigenvalue weighted by molar-refractivity contribution is 0.111. The maximum absolute atomic E-state index is 10.8. The van der Waals surface area contributed by atoms with Crippen LogP contribution in [0.4, 0.5) is 0 Å². The Kier molecular flexibility index (Phi) is 6.63. The molecule has 17 heavy (non-hydrogen) atoms. The molecule has 0 spiro atoms. The number of aldehydes is 1. The molecule has 2 nitrogen and oxygen atoms in total. The Labute approximate surface area is 111 Å². The number of hydrogen-bond donors (Lipinski definition) is 0. The molecule has 0 radical (unpaired) electrons. The van der Waals surface area contributed by atoms with Gasteiger partial charge in [-0.3, -0.25) is 4.79 Å². The summed E-state index contributed by atoms with van der Waals surface area (Å²) in [7, 11) is 0. The normalized spacial score (nSPS) is 9.94. The molecule has 1 aromatic carbocycles. The summed E-state index contributed by atoms with van der Waals surface area (Å²) in [6.45, 7) is 4.32. The fraction of sp³-hybridized carbons (Fsp3) is 0.357. The number of para-hydroxylation sites is 1. The Hall–Kier alpha value is -1.09. The zero-order chi connectivity index (χ0) is 12.5. The van der Waals surface area contributed by atoms with E-state index in [2.05, 4.69) is 22.5 Å². The van der Waals surface area contributed by atoms with Gasteiger partial charge in [0.25, 0.3) is 0 Å². The lowest BCUT2D eigenvalue weighted by Gasteiger charge is -2.09. The molecule has 1 rings (SSSR count). The molecule has 0 aromatic heterocycles. The number of carbonyl (C=O) groups is 1. The number of rotatable bonds is 8. The number of carbonyl (C=O) groups excluding carboxylic acids is 1. The Morgan fingerprint density at radius 3 is 2.82 bits per heavy atom. The van der Waals surface area contributed by atoms with Crippen molar-refractivity contribution in [3.63, 3.8) is 0 Å². The van der Waals surface area contributed by atoms with Crippen molar-refractivity contribution in [3.8, 4) is 5.75 Å². The van der Waals surface area contributed by atoms with E-state index in [4.69, 9.17) is 4.74 Å². The van der Waals surface area contributed by atoms with Crippen molar-refractivity contribution in [1.82, 2.24) is 0 Å². The molecule has 1 aromatic rings. The zero-order valence-corrected chi connectivity index (χ0v) is 11.4. The van der Waals surface area contributed by atoms with Crippen molar-refractivity contribution in [2.75, 3.05) is 6.61 Å². The van der Waals surface area contributed by atoms with Crippen LogP contribution in [0, 0.1) is 0 Å². The average Bonchev–Trinajstić information content (AvgIpc) is 2.35. The van der Waals surface area contributed by atoms with Crippen molar-refractivity contribution < 1.29 is 9.53 Å². The molecule has 3 heteroatoms. The van der Waals surface area contributed by atoms with Gasteiger partial charge in [0.15, 0.2) is 6.29 Å². The molecule has 0 aliphatic carbocycles. The smallest absolute Gasteiger partial charge is 0.153 e. The second kappa shape index (κ2) is 8.07. The Morgan fingerprint density at radius 1 is 1.29 bits per heavy atom. The van der Waals surface area contributed by atoms with Crippen molar-refractivity contribution in [1.29, 1.82) is 0 Å². The molecule has 0 aliphatic rings. The van der Waals surface area contributed by atoms with E-state index in [1.807, 2.05) is 18.2 Å². The van der Waals surface area contributed by atoms with Crippen molar-refractivity contribution in [2.45, 2.75) is 25.7 Å². The minimum Gasteiger partial charge on any atom is -0.492 e. The van der Waals surface area contributed by atoms with E-state index in [0.29, 0.717) is 17.9 Å². The van der Waals surface area contributed by atoms with E-state index in [1.54, 1.807) is 6.07 Å².